The van der Waals surface area contributed by atoms with Crippen molar-refractivity contribution in [3.8, 4) is 0 Å². The van der Waals surface area contributed by atoms with E-state index >= 15 is 0 Å². The van der Waals surface area contributed by atoms with Crippen LogP contribution in [0.1, 0.15) is 22.3 Å². The third-order valence-corrected chi connectivity index (χ3v) is 5.71. The number of benzene rings is 2. The molecule has 3 aromatic rings. The Morgan fingerprint density at radius 2 is 2.00 bits per heavy atom. The number of rotatable bonds is 5. The summed E-state index contributed by atoms with van der Waals surface area (Å²) in [7, 11) is 0. The average molecular weight is 395 g/mol. The van der Waals surface area contributed by atoms with Crippen LogP contribution in [0.4, 0.5) is 0 Å². The van der Waals surface area contributed by atoms with Crippen molar-refractivity contribution >= 4 is 34.6 Å². The van der Waals surface area contributed by atoms with Crippen LogP contribution in [-0.4, -0.2) is 33.3 Å². The Labute approximate surface area is 164 Å². The number of nitrogens with zero attached hydrogens (tertiary/aromatic N) is 2. The van der Waals surface area contributed by atoms with E-state index in [0.717, 1.165) is 17.3 Å². The molecular weight excluding hydrogens is 380 g/mol. The van der Waals surface area contributed by atoms with Crippen molar-refractivity contribution in [2.24, 2.45) is 0 Å². The number of aromatic carboxylic acids is 1. The maximum absolute atomic E-state index is 13.1. The number of carboxylic acids is 1. The number of carboxylic acid groups (broad SMARTS) is 1. The number of ether oxygens (including phenoxy) is 1. The molecule has 1 aliphatic rings. The number of fused-ring (bicyclic) bond motifs is 1. The lowest BCUT2D eigenvalue weighted by Gasteiger charge is -2.15. The van der Waals surface area contributed by atoms with Gasteiger partial charge in [-0.05, 0) is 23.3 Å². The molecule has 0 unspecified atom stereocenters. The van der Waals surface area contributed by atoms with E-state index in [2.05, 4.69) is 4.98 Å². The first kappa shape index (κ1) is 18.2. The van der Waals surface area contributed by atoms with Crippen molar-refractivity contribution in [2.45, 2.75) is 23.4 Å². The van der Waals surface area contributed by atoms with Gasteiger partial charge in [-0.3, -0.25) is 14.2 Å². The molecule has 0 saturated carbocycles. The zero-order chi connectivity index (χ0) is 19.7. The van der Waals surface area contributed by atoms with Crippen LogP contribution in [0.25, 0.3) is 10.9 Å². The van der Waals surface area contributed by atoms with Crippen LogP contribution in [0.15, 0.2) is 58.5 Å². The lowest BCUT2D eigenvalue weighted by Crippen LogP contribution is -2.26. The van der Waals surface area contributed by atoms with Crippen LogP contribution >= 0.6 is 11.8 Å². The second-order valence-electron chi connectivity index (χ2n) is 6.35. The van der Waals surface area contributed by atoms with E-state index in [1.54, 1.807) is 0 Å². The monoisotopic (exact) mass is 395 g/mol. The molecule has 28 heavy (non-hydrogen) atoms. The van der Waals surface area contributed by atoms with Gasteiger partial charge in [0.2, 0.25) is 0 Å². The maximum atomic E-state index is 13.1. The van der Waals surface area contributed by atoms with E-state index in [1.165, 1.54) is 22.8 Å². The molecule has 2 aromatic carbocycles. The molecule has 1 aliphatic heterocycles. The van der Waals surface area contributed by atoms with Crippen LogP contribution in [0.3, 0.4) is 0 Å². The number of esters is 1. The Balaban J connectivity index is 1.85. The summed E-state index contributed by atoms with van der Waals surface area (Å²) in [4.78, 5) is 40.7. The van der Waals surface area contributed by atoms with E-state index in [-0.39, 0.29) is 29.2 Å². The number of hydrogen-bond donors (Lipinski definition) is 0. The van der Waals surface area contributed by atoms with Crippen LogP contribution in [0, 0.1) is 0 Å². The molecule has 0 spiro atoms. The van der Waals surface area contributed by atoms with E-state index in [9.17, 15) is 19.5 Å². The van der Waals surface area contributed by atoms with E-state index in [4.69, 9.17) is 4.74 Å². The number of carbonyl (C=O) groups excluding carboxylic acids is 2. The van der Waals surface area contributed by atoms with Crippen molar-refractivity contribution in [1.29, 1.82) is 0 Å². The van der Waals surface area contributed by atoms with Crippen molar-refractivity contribution in [1.82, 2.24) is 9.55 Å². The van der Waals surface area contributed by atoms with Gasteiger partial charge in [0.25, 0.3) is 5.56 Å². The van der Waals surface area contributed by atoms with Gasteiger partial charge in [0.1, 0.15) is 5.25 Å². The summed E-state index contributed by atoms with van der Waals surface area (Å²) >= 11 is 1.16. The molecule has 0 amide bonds. The first-order valence-corrected chi connectivity index (χ1v) is 9.54. The Kier molecular flexibility index (Phi) is 4.87. The predicted octanol–water partition coefficient (Wildman–Crippen LogP) is 1.22. The number of aromatic nitrogens is 2. The molecule has 2 heterocycles. The third kappa shape index (κ3) is 3.50. The van der Waals surface area contributed by atoms with Crippen molar-refractivity contribution < 1.29 is 19.4 Å². The molecule has 0 radical (unpaired) electrons. The molecule has 142 valence electrons. The van der Waals surface area contributed by atoms with Gasteiger partial charge in [-0.25, -0.2) is 4.98 Å². The average Bonchev–Trinajstić information content (AvgIpc) is 3.10. The number of cyclic esters (lactones) is 1. The molecule has 0 aliphatic carbocycles. The Bertz CT molecular complexity index is 1130. The van der Waals surface area contributed by atoms with Crippen LogP contribution in [0.2, 0.25) is 0 Å². The number of hydrogen-bond acceptors (Lipinski definition) is 7. The topological polar surface area (TPSA) is 101 Å². The molecular formula is C20H15N2O5S-. The fraction of sp³-hybridized carbons (Fsp3) is 0.200. The van der Waals surface area contributed by atoms with Crippen molar-refractivity contribution in [3.63, 3.8) is 0 Å². The lowest BCUT2D eigenvalue weighted by atomic mass is 10.1. The molecule has 1 fully saturated rings. The van der Waals surface area contributed by atoms with E-state index in [0.29, 0.717) is 23.6 Å². The van der Waals surface area contributed by atoms with Crippen LogP contribution < -0.4 is 10.7 Å². The number of thioether (sulfide) groups is 1. The van der Waals surface area contributed by atoms with Gasteiger partial charge in [-0.15, -0.1) is 0 Å². The summed E-state index contributed by atoms with van der Waals surface area (Å²) in [6.07, 6.45) is 0.530. The minimum Gasteiger partial charge on any atom is -0.545 e. The molecule has 0 N–H and O–H groups in total. The van der Waals surface area contributed by atoms with Gasteiger partial charge in [0, 0.05) is 6.42 Å². The summed E-state index contributed by atoms with van der Waals surface area (Å²) in [5.41, 5.74) is 0.807. The van der Waals surface area contributed by atoms with E-state index < -0.39 is 11.2 Å². The molecule has 1 atom stereocenters. The van der Waals surface area contributed by atoms with Crippen LogP contribution in [-0.2, 0) is 16.1 Å². The Morgan fingerprint density at radius 1 is 1.21 bits per heavy atom. The smallest absolute Gasteiger partial charge is 0.319 e. The zero-order valence-corrected chi connectivity index (χ0v) is 15.5. The molecule has 7 nitrogen and oxygen atoms in total. The third-order valence-electron chi connectivity index (χ3n) is 4.47. The van der Waals surface area contributed by atoms with Crippen molar-refractivity contribution in [2.75, 3.05) is 6.61 Å². The highest BCUT2D eigenvalue weighted by Gasteiger charge is 2.29. The van der Waals surface area contributed by atoms with Crippen LogP contribution in [0.5, 0.6) is 0 Å². The Hall–Kier alpha value is -3.13. The first-order chi connectivity index (χ1) is 13.5. The summed E-state index contributed by atoms with van der Waals surface area (Å²) in [5.74, 6) is -1.68. The predicted molar refractivity (Wildman–Crippen MR) is 101 cm³/mol. The second-order valence-corrected chi connectivity index (χ2v) is 7.52. The minimum atomic E-state index is -1.34. The summed E-state index contributed by atoms with van der Waals surface area (Å²) in [6.45, 7) is 0.622. The SMILES string of the molecule is O=C([O-])c1ccc2c(=O)n(Cc3ccccc3)c(S[C@@H]3CCOC3=O)nc2c1. The highest BCUT2D eigenvalue weighted by molar-refractivity contribution is 8.00. The summed E-state index contributed by atoms with van der Waals surface area (Å²) in [6, 6.07) is 13.5. The highest BCUT2D eigenvalue weighted by atomic mass is 32.2. The highest BCUT2D eigenvalue weighted by Crippen LogP contribution is 2.29. The molecule has 1 saturated heterocycles. The van der Waals surface area contributed by atoms with Crippen molar-refractivity contribution in [3.05, 3.63) is 70.0 Å². The largest absolute Gasteiger partial charge is 0.545 e. The fourth-order valence-electron chi connectivity index (χ4n) is 3.03. The Morgan fingerprint density at radius 3 is 2.68 bits per heavy atom. The quantitative estimate of drug-likeness (QED) is 0.473. The van der Waals surface area contributed by atoms with Gasteiger partial charge in [0.15, 0.2) is 5.16 Å². The minimum absolute atomic E-state index is 0.0589. The fourth-order valence-corrected chi connectivity index (χ4v) is 4.09. The van der Waals surface area contributed by atoms with E-state index in [1.807, 2.05) is 30.3 Å². The normalized spacial score (nSPS) is 16.3. The second kappa shape index (κ2) is 7.47. The van der Waals surface area contributed by atoms with Gasteiger partial charge in [0.05, 0.1) is 30.0 Å². The van der Waals surface area contributed by atoms with Gasteiger partial charge >= 0.3 is 5.97 Å². The van der Waals surface area contributed by atoms with Gasteiger partial charge in [-0.2, -0.15) is 0 Å². The van der Waals surface area contributed by atoms with Gasteiger partial charge < -0.3 is 14.6 Å². The summed E-state index contributed by atoms with van der Waals surface area (Å²) < 4.78 is 6.51. The van der Waals surface area contributed by atoms with Gasteiger partial charge in [-0.1, -0.05) is 48.2 Å². The summed E-state index contributed by atoms with van der Waals surface area (Å²) in [5, 5.41) is 11.4. The molecule has 0 bridgehead atoms. The standard InChI is InChI=1S/C20H16N2O5S/c23-17-14-7-6-13(18(24)25)10-15(14)21-20(28-16-8-9-27-19(16)26)22(17)11-12-4-2-1-3-5-12/h1-7,10,16H,8-9,11H2,(H,24,25)/p-1/t16-/m1/s1. The molecule has 1 aromatic heterocycles. The molecule has 4 rings (SSSR count). The lowest BCUT2D eigenvalue weighted by molar-refractivity contribution is -0.255. The number of carbonyl (C=O) groups is 2. The first-order valence-electron chi connectivity index (χ1n) is 8.66. The zero-order valence-electron chi connectivity index (χ0n) is 14.7. The maximum Gasteiger partial charge on any atom is 0.319 e. The molecule has 8 heteroatoms.